The molecular weight excluding hydrogens is 336 g/mol. The van der Waals surface area contributed by atoms with Gasteiger partial charge >= 0.3 is 0 Å². The van der Waals surface area contributed by atoms with Crippen molar-refractivity contribution in [3.63, 3.8) is 0 Å². The fourth-order valence-electron chi connectivity index (χ4n) is 2.58. The van der Waals surface area contributed by atoms with Crippen LogP contribution in [-0.4, -0.2) is 24.4 Å². The van der Waals surface area contributed by atoms with Crippen LogP contribution in [0.5, 0.6) is 11.5 Å². The number of ether oxygens (including phenoxy) is 2. The first-order valence-electron chi connectivity index (χ1n) is 7.84. The second-order valence-corrected chi connectivity index (χ2v) is 6.58. The largest absolute Gasteiger partial charge is 0.497 e. The molecule has 0 aliphatic heterocycles. The van der Waals surface area contributed by atoms with Crippen LogP contribution in [0.3, 0.4) is 0 Å². The molecule has 2 atom stereocenters. The van der Waals surface area contributed by atoms with E-state index in [4.69, 9.17) is 9.47 Å². The van der Waals surface area contributed by atoms with Crippen molar-refractivity contribution in [2.75, 3.05) is 14.2 Å². The molecule has 2 N–H and O–H groups in total. The summed E-state index contributed by atoms with van der Waals surface area (Å²) < 4.78 is 10.3. The zero-order chi connectivity index (χ0) is 17.8. The molecule has 2 unspecified atom stereocenters. The Bertz CT molecular complexity index is 740. The van der Waals surface area contributed by atoms with Crippen molar-refractivity contribution >= 4 is 11.3 Å². The average molecular weight is 356 g/mol. The lowest BCUT2D eigenvalue weighted by molar-refractivity contribution is 0.217. The highest BCUT2D eigenvalue weighted by molar-refractivity contribution is 7.10. The van der Waals surface area contributed by atoms with Gasteiger partial charge in [0.05, 0.1) is 14.2 Å². The fraction of sp³-hybridized carbons (Fsp3) is 0.200. The molecule has 0 amide bonds. The van der Waals surface area contributed by atoms with Crippen molar-refractivity contribution in [3.05, 3.63) is 81.5 Å². The SMILES string of the molecule is COc1ccc(C(O)c2csc(C(O)c3ccc(OC)cc3)c2)cc1. The predicted molar refractivity (Wildman–Crippen MR) is 98.4 cm³/mol. The van der Waals surface area contributed by atoms with Crippen molar-refractivity contribution < 1.29 is 19.7 Å². The Morgan fingerprint density at radius 3 is 1.68 bits per heavy atom. The zero-order valence-corrected chi connectivity index (χ0v) is 14.9. The molecule has 0 spiro atoms. The molecule has 1 aromatic heterocycles. The second kappa shape index (κ2) is 7.70. The lowest BCUT2D eigenvalue weighted by Crippen LogP contribution is -1.99. The monoisotopic (exact) mass is 356 g/mol. The summed E-state index contributed by atoms with van der Waals surface area (Å²) in [7, 11) is 3.22. The minimum atomic E-state index is -0.737. The summed E-state index contributed by atoms with van der Waals surface area (Å²) in [6.45, 7) is 0. The minimum Gasteiger partial charge on any atom is -0.497 e. The zero-order valence-electron chi connectivity index (χ0n) is 14.0. The number of methoxy groups -OCH3 is 2. The van der Waals surface area contributed by atoms with E-state index >= 15 is 0 Å². The molecule has 0 aliphatic carbocycles. The van der Waals surface area contributed by atoms with Crippen LogP contribution in [-0.2, 0) is 0 Å². The van der Waals surface area contributed by atoms with Crippen molar-refractivity contribution in [3.8, 4) is 11.5 Å². The number of aliphatic hydroxyl groups is 2. The van der Waals surface area contributed by atoms with E-state index in [1.54, 1.807) is 14.2 Å². The molecule has 130 valence electrons. The third-order valence-corrected chi connectivity index (χ3v) is 5.09. The number of rotatable bonds is 6. The molecule has 0 fully saturated rings. The first-order chi connectivity index (χ1) is 12.1. The molecule has 0 aliphatic rings. The normalized spacial score (nSPS) is 13.3. The van der Waals surface area contributed by atoms with Gasteiger partial charge in [0.2, 0.25) is 0 Å². The van der Waals surface area contributed by atoms with Crippen molar-refractivity contribution in [2.45, 2.75) is 12.2 Å². The Hall–Kier alpha value is -2.34. The van der Waals surface area contributed by atoms with Crippen LogP contribution in [0.2, 0.25) is 0 Å². The molecule has 0 saturated carbocycles. The maximum absolute atomic E-state index is 10.6. The summed E-state index contributed by atoms with van der Waals surface area (Å²) in [4.78, 5) is 0.785. The molecule has 3 aromatic rings. The summed E-state index contributed by atoms with van der Waals surface area (Å²) >= 11 is 1.43. The highest BCUT2D eigenvalue weighted by atomic mass is 32.1. The number of hydrogen-bond donors (Lipinski definition) is 2. The number of hydrogen-bond acceptors (Lipinski definition) is 5. The third-order valence-electron chi connectivity index (χ3n) is 4.09. The Kier molecular flexibility index (Phi) is 5.38. The summed E-state index contributed by atoms with van der Waals surface area (Å²) in [5, 5.41) is 23.0. The maximum atomic E-state index is 10.6. The van der Waals surface area contributed by atoms with Gasteiger partial charge in [-0.05, 0) is 52.4 Å². The van der Waals surface area contributed by atoms with E-state index in [0.29, 0.717) is 0 Å². The Labute approximate surface area is 150 Å². The van der Waals surface area contributed by atoms with E-state index in [9.17, 15) is 10.2 Å². The van der Waals surface area contributed by atoms with Gasteiger partial charge in [0.25, 0.3) is 0 Å². The lowest BCUT2D eigenvalue weighted by atomic mass is 10.0. The van der Waals surface area contributed by atoms with E-state index < -0.39 is 12.2 Å². The van der Waals surface area contributed by atoms with Crippen LogP contribution in [0, 0.1) is 0 Å². The number of benzene rings is 2. The van der Waals surface area contributed by atoms with E-state index in [-0.39, 0.29) is 0 Å². The first kappa shape index (κ1) is 17.5. The smallest absolute Gasteiger partial charge is 0.118 e. The van der Waals surface area contributed by atoms with Crippen molar-refractivity contribution in [1.29, 1.82) is 0 Å². The van der Waals surface area contributed by atoms with Gasteiger partial charge in [-0.1, -0.05) is 24.3 Å². The fourth-order valence-corrected chi connectivity index (χ4v) is 3.52. The van der Waals surface area contributed by atoms with Crippen LogP contribution in [0.4, 0.5) is 0 Å². The highest BCUT2D eigenvalue weighted by Gasteiger charge is 2.17. The van der Waals surface area contributed by atoms with E-state index in [1.807, 2.05) is 60.0 Å². The Morgan fingerprint density at radius 2 is 1.20 bits per heavy atom. The number of aliphatic hydroxyl groups excluding tert-OH is 2. The molecular formula is C20H20O4S. The van der Waals surface area contributed by atoms with Crippen LogP contribution in [0.15, 0.2) is 60.0 Å². The van der Waals surface area contributed by atoms with Crippen LogP contribution in [0.1, 0.15) is 33.8 Å². The van der Waals surface area contributed by atoms with E-state index in [2.05, 4.69) is 0 Å². The molecule has 0 bridgehead atoms. The van der Waals surface area contributed by atoms with E-state index in [0.717, 1.165) is 33.1 Å². The molecule has 2 aromatic carbocycles. The first-order valence-corrected chi connectivity index (χ1v) is 8.72. The summed E-state index contributed by atoms with van der Waals surface area (Å²) in [5.41, 5.74) is 2.33. The van der Waals surface area contributed by atoms with Gasteiger partial charge in [-0.15, -0.1) is 11.3 Å². The Morgan fingerprint density at radius 1 is 0.720 bits per heavy atom. The van der Waals surface area contributed by atoms with Crippen LogP contribution < -0.4 is 9.47 Å². The topological polar surface area (TPSA) is 58.9 Å². The van der Waals surface area contributed by atoms with Gasteiger partial charge in [0.1, 0.15) is 23.7 Å². The van der Waals surface area contributed by atoms with Gasteiger partial charge in [-0.2, -0.15) is 0 Å². The average Bonchev–Trinajstić information content (AvgIpc) is 3.17. The molecule has 5 heteroatoms. The summed E-state index contributed by atoms with van der Waals surface area (Å²) in [6, 6.07) is 16.5. The third kappa shape index (κ3) is 3.85. The van der Waals surface area contributed by atoms with Crippen LogP contribution in [0.25, 0.3) is 0 Å². The van der Waals surface area contributed by atoms with Gasteiger partial charge in [0.15, 0.2) is 0 Å². The molecule has 0 saturated heterocycles. The van der Waals surface area contributed by atoms with Crippen molar-refractivity contribution in [1.82, 2.24) is 0 Å². The molecule has 4 nitrogen and oxygen atoms in total. The van der Waals surface area contributed by atoms with Gasteiger partial charge in [-0.25, -0.2) is 0 Å². The summed E-state index contributed by atoms with van der Waals surface area (Å²) in [6.07, 6.45) is -1.47. The Balaban J connectivity index is 1.78. The van der Waals surface area contributed by atoms with Gasteiger partial charge in [0, 0.05) is 4.88 Å². The molecule has 25 heavy (non-hydrogen) atoms. The van der Waals surface area contributed by atoms with Crippen molar-refractivity contribution in [2.24, 2.45) is 0 Å². The van der Waals surface area contributed by atoms with Gasteiger partial charge < -0.3 is 19.7 Å². The molecule has 3 rings (SSSR count). The number of thiophene rings is 1. The molecule has 1 heterocycles. The van der Waals surface area contributed by atoms with E-state index in [1.165, 1.54) is 11.3 Å². The maximum Gasteiger partial charge on any atom is 0.118 e. The molecule has 0 radical (unpaired) electrons. The minimum absolute atomic E-state index is 0.729. The standard InChI is InChI=1S/C20H20O4S/c1-23-16-7-3-13(4-8-16)19(21)15-11-18(25-12-15)20(22)14-5-9-17(24-2)10-6-14/h3-12,19-22H,1-2H3. The predicted octanol–water partition coefficient (Wildman–Crippen LogP) is 3.93. The van der Waals surface area contributed by atoms with Gasteiger partial charge in [-0.3, -0.25) is 0 Å². The quantitative estimate of drug-likeness (QED) is 0.703. The summed E-state index contributed by atoms with van der Waals surface area (Å²) in [5.74, 6) is 1.50. The second-order valence-electron chi connectivity index (χ2n) is 5.63. The van der Waals surface area contributed by atoms with Crippen LogP contribution >= 0.6 is 11.3 Å². The highest BCUT2D eigenvalue weighted by Crippen LogP contribution is 2.33. The lowest BCUT2D eigenvalue weighted by Gasteiger charge is -2.11.